The molecule has 1 aliphatic heterocycles. The van der Waals surface area contributed by atoms with Gasteiger partial charge in [-0.15, -0.1) is 5.10 Å². The molecule has 0 saturated heterocycles. The Hall–Kier alpha value is -5.06. The quantitative estimate of drug-likeness (QED) is 0.192. The van der Waals surface area contributed by atoms with E-state index in [1.54, 1.807) is 24.3 Å². The van der Waals surface area contributed by atoms with Gasteiger partial charge in [-0.1, -0.05) is 24.3 Å². The van der Waals surface area contributed by atoms with Crippen molar-refractivity contribution in [2.75, 3.05) is 0 Å². The molecule has 0 saturated carbocycles. The van der Waals surface area contributed by atoms with Crippen molar-refractivity contribution in [2.45, 2.75) is 12.1 Å². The number of fused-ring (bicyclic) bond motifs is 6. The fourth-order valence-electron chi connectivity index (χ4n) is 4.85. The smallest absolute Gasteiger partial charge is 0.416 e. The highest BCUT2D eigenvalue weighted by molar-refractivity contribution is 5.87. The Balaban J connectivity index is 1.51. The van der Waals surface area contributed by atoms with Gasteiger partial charge in [0.15, 0.2) is 17.2 Å². The van der Waals surface area contributed by atoms with Gasteiger partial charge in [-0.2, -0.15) is 13.2 Å². The van der Waals surface area contributed by atoms with Gasteiger partial charge in [0.1, 0.15) is 17.7 Å². The van der Waals surface area contributed by atoms with E-state index in [0.717, 1.165) is 12.1 Å². The van der Waals surface area contributed by atoms with Crippen LogP contribution in [0.3, 0.4) is 0 Å². The summed E-state index contributed by atoms with van der Waals surface area (Å²) in [5.41, 5.74) is 0.345. The van der Waals surface area contributed by atoms with Crippen molar-refractivity contribution in [3.05, 3.63) is 118 Å². The van der Waals surface area contributed by atoms with E-state index in [-0.39, 0.29) is 34.2 Å². The molecule has 1 aliphatic rings. The first-order valence-electron chi connectivity index (χ1n) is 11.7. The maximum Gasteiger partial charge on any atom is 0.416 e. The van der Waals surface area contributed by atoms with Crippen LogP contribution in [-0.4, -0.2) is 19.6 Å². The van der Waals surface area contributed by atoms with Crippen LogP contribution in [0.5, 0.6) is 11.6 Å². The topological polar surface area (TPSA) is 82.5 Å². The first-order valence-corrected chi connectivity index (χ1v) is 11.7. The van der Waals surface area contributed by atoms with Gasteiger partial charge < -0.3 is 9.15 Å². The second-order valence-electron chi connectivity index (χ2n) is 8.96. The Morgan fingerprint density at radius 3 is 2.38 bits per heavy atom. The lowest BCUT2D eigenvalue weighted by molar-refractivity contribution is -0.137. The molecule has 0 radical (unpaired) electrons. The van der Waals surface area contributed by atoms with Gasteiger partial charge in [0, 0.05) is 5.56 Å². The van der Waals surface area contributed by atoms with E-state index >= 15 is 0 Å². The van der Waals surface area contributed by atoms with Crippen LogP contribution in [0.2, 0.25) is 0 Å². The molecule has 7 nitrogen and oxygen atoms in total. The largest absolute Gasteiger partial charge is 0.437 e. The number of rotatable bonds is 2. The van der Waals surface area contributed by atoms with E-state index in [9.17, 15) is 22.4 Å². The molecule has 4 heterocycles. The standard InChI is InChI=1S/C28H14F4N4O3/c29-17-11-7-15(8-12-17)24-34-25-22-20(14-5-9-16(10-6-14)28(30,31)32)21-23(39-26(22)33-13-36(25)35-24)18-3-1-2-4-19(18)38-27(21)37/h1-13,20H. The highest BCUT2D eigenvalue weighted by Gasteiger charge is 2.38. The molecule has 7 rings (SSSR count). The third kappa shape index (κ3) is 3.65. The molecule has 1 atom stereocenters. The number of ether oxygens (including phenoxy) is 1. The molecule has 11 heteroatoms. The van der Waals surface area contributed by atoms with Crippen LogP contribution < -0.4 is 10.4 Å². The van der Waals surface area contributed by atoms with Crippen LogP contribution in [0.25, 0.3) is 28.0 Å². The van der Waals surface area contributed by atoms with Gasteiger partial charge in [-0.3, -0.25) is 0 Å². The Kier molecular flexibility index (Phi) is 4.87. The minimum Gasteiger partial charge on any atom is -0.437 e. The van der Waals surface area contributed by atoms with E-state index in [1.165, 1.54) is 47.2 Å². The first-order chi connectivity index (χ1) is 18.8. The minimum atomic E-state index is -4.54. The number of para-hydroxylation sites is 1. The van der Waals surface area contributed by atoms with Crippen molar-refractivity contribution in [1.29, 1.82) is 0 Å². The Bertz CT molecular complexity index is 1960. The lowest BCUT2D eigenvalue weighted by Gasteiger charge is -2.27. The number of nitrogens with zero attached hydrogens (tertiary/aromatic N) is 4. The van der Waals surface area contributed by atoms with E-state index in [1.807, 2.05) is 0 Å². The van der Waals surface area contributed by atoms with E-state index in [2.05, 4.69) is 15.1 Å². The lowest BCUT2D eigenvalue weighted by Crippen LogP contribution is -2.22. The molecule has 39 heavy (non-hydrogen) atoms. The predicted octanol–water partition coefficient (Wildman–Crippen LogP) is 6.34. The molecule has 3 aromatic heterocycles. The van der Waals surface area contributed by atoms with Crippen LogP contribution >= 0.6 is 0 Å². The Morgan fingerprint density at radius 2 is 1.64 bits per heavy atom. The number of benzene rings is 3. The van der Waals surface area contributed by atoms with Crippen molar-refractivity contribution >= 4 is 16.6 Å². The zero-order chi connectivity index (χ0) is 26.9. The molecule has 0 fully saturated rings. The lowest BCUT2D eigenvalue weighted by atomic mass is 9.84. The zero-order valence-electron chi connectivity index (χ0n) is 19.6. The summed E-state index contributed by atoms with van der Waals surface area (Å²) in [4.78, 5) is 22.4. The van der Waals surface area contributed by atoms with Crippen LogP contribution in [0, 0.1) is 5.82 Å². The average Bonchev–Trinajstić information content (AvgIpc) is 3.37. The monoisotopic (exact) mass is 530 g/mol. The number of hydrogen-bond donors (Lipinski definition) is 0. The highest BCUT2D eigenvalue weighted by Crippen LogP contribution is 2.49. The third-order valence-corrected chi connectivity index (χ3v) is 6.64. The number of aromatic nitrogens is 4. The second kappa shape index (κ2) is 8.22. The fourth-order valence-corrected chi connectivity index (χ4v) is 4.85. The van der Waals surface area contributed by atoms with E-state index in [4.69, 9.17) is 9.15 Å². The third-order valence-electron chi connectivity index (χ3n) is 6.64. The van der Waals surface area contributed by atoms with Crippen molar-refractivity contribution in [3.8, 4) is 23.0 Å². The summed E-state index contributed by atoms with van der Waals surface area (Å²) < 4.78 is 66.6. The number of halogens is 4. The summed E-state index contributed by atoms with van der Waals surface area (Å²) >= 11 is 0. The van der Waals surface area contributed by atoms with Gasteiger partial charge in [-0.25, -0.2) is 23.7 Å². The van der Waals surface area contributed by atoms with Gasteiger partial charge in [0.05, 0.1) is 28.0 Å². The van der Waals surface area contributed by atoms with Crippen molar-refractivity contribution < 1.29 is 26.7 Å². The number of alkyl halides is 3. The fraction of sp³-hybridized carbons (Fsp3) is 0.0714. The van der Waals surface area contributed by atoms with Gasteiger partial charge in [0.25, 0.3) is 0 Å². The molecular formula is C28H14F4N4O3. The van der Waals surface area contributed by atoms with E-state index in [0.29, 0.717) is 22.1 Å². The minimum absolute atomic E-state index is 0.0993. The molecular weight excluding hydrogens is 516 g/mol. The van der Waals surface area contributed by atoms with Gasteiger partial charge >= 0.3 is 11.8 Å². The summed E-state index contributed by atoms with van der Waals surface area (Å²) in [5.74, 6) is -0.781. The summed E-state index contributed by atoms with van der Waals surface area (Å²) in [7, 11) is 0. The maximum atomic E-state index is 13.5. The molecule has 0 bridgehead atoms. The highest BCUT2D eigenvalue weighted by atomic mass is 19.4. The van der Waals surface area contributed by atoms with Crippen LogP contribution in [0.1, 0.15) is 28.2 Å². The molecule has 0 aliphatic carbocycles. The predicted molar refractivity (Wildman–Crippen MR) is 131 cm³/mol. The van der Waals surface area contributed by atoms with Gasteiger partial charge in [-0.05, 0) is 54.1 Å². The zero-order valence-corrected chi connectivity index (χ0v) is 19.6. The number of hydrogen-bond acceptors (Lipinski definition) is 6. The van der Waals surface area contributed by atoms with Crippen molar-refractivity contribution in [1.82, 2.24) is 19.6 Å². The van der Waals surface area contributed by atoms with Crippen molar-refractivity contribution in [2.24, 2.45) is 0 Å². The van der Waals surface area contributed by atoms with Crippen LogP contribution in [0.4, 0.5) is 17.6 Å². The molecule has 6 aromatic rings. The summed E-state index contributed by atoms with van der Waals surface area (Å²) in [6.45, 7) is 0. The first kappa shape index (κ1) is 23.1. The molecule has 1 unspecified atom stereocenters. The Morgan fingerprint density at radius 1 is 0.897 bits per heavy atom. The average molecular weight is 530 g/mol. The molecule has 192 valence electrons. The maximum absolute atomic E-state index is 13.5. The molecule has 3 aromatic carbocycles. The second-order valence-corrected chi connectivity index (χ2v) is 8.96. The van der Waals surface area contributed by atoms with E-state index < -0.39 is 29.1 Å². The summed E-state index contributed by atoms with van der Waals surface area (Å²) in [6, 6.07) is 16.9. The molecule has 0 spiro atoms. The van der Waals surface area contributed by atoms with Crippen LogP contribution in [0.15, 0.2) is 88.3 Å². The molecule has 0 N–H and O–H groups in total. The van der Waals surface area contributed by atoms with Crippen molar-refractivity contribution in [3.63, 3.8) is 0 Å². The molecule has 0 amide bonds. The summed E-state index contributed by atoms with van der Waals surface area (Å²) in [6.07, 6.45) is -3.15. The SMILES string of the molecule is O=c1oc2ccccc2c2c1C(c1ccc(C(F)(F)F)cc1)c1c(ncn3nc(-c4ccc(F)cc4)nc13)O2. The summed E-state index contributed by atoms with van der Waals surface area (Å²) in [5, 5.41) is 4.94. The normalized spacial score (nSPS) is 14.7. The van der Waals surface area contributed by atoms with Gasteiger partial charge in [0.2, 0.25) is 5.88 Å². The van der Waals surface area contributed by atoms with Crippen LogP contribution in [-0.2, 0) is 6.18 Å². The Labute approximate surface area is 215 Å².